The molecule has 0 saturated heterocycles. The number of carbonyl (C=O) groups is 2. The molecule has 0 fully saturated rings. The first-order valence-electron chi connectivity index (χ1n) is 6.51. The van der Waals surface area contributed by atoms with E-state index in [1.807, 2.05) is 0 Å². The third-order valence-electron chi connectivity index (χ3n) is 2.92. The molecule has 0 atom stereocenters. The van der Waals surface area contributed by atoms with E-state index in [2.05, 4.69) is 10.5 Å². The molecule has 0 aliphatic heterocycles. The summed E-state index contributed by atoms with van der Waals surface area (Å²) in [5.41, 5.74) is -0.103. The number of carbonyl (C=O) groups excluding carboxylic acids is 2. The lowest BCUT2D eigenvalue weighted by molar-refractivity contribution is -0.385. The molecular weight excluding hydrogens is 324 g/mol. The van der Waals surface area contributed by atoms with Gasteiger partial charge in [0.25, 0.3) is 11.6 Å². The first-order chi connectivity index (χ1) is 10.8. The van der Waals surface area contributed by atoms with Crippen LogP contribution in [-0.4, -0.2) is 40.4 Å². The van der Waals surface area contributed by atoms with E-state index in [-0.39, 0.29) is 22.9 Å². The Kier molecular flexibility index (Phi) is 4.74. The van der Waals surface area contributed by atoms with Crippen molar-refractivity contribution in [2.45, 2.75) is 13.8 Å². The molecule has 10 heteroatoms. The number of nitrogens with zero attached hydrogens (tertiary/aromatic N) is 3. The predicted octanol–water partition coefficient (Wildman–Crippen LogP) is 1.97. The second-order valence-electron chi connectivity index (χ2n) is 4.84. The van der Waals surface area contributed by atoms with Crippen molar-refractivity contribution in [1.29, 1.82) is 0 Å². The number of aryl methyl sites for hydroxylation is 2. The summed E-state index contributed by atoms with van der Waals surface area (Å²) in [6, 6.07) is 2.77. The van der Waals surface area contributed by atoms with Crippen LogP contribution in [0.25, 0.3) is 0 Å². The molecule has 0 radical (unpaired) electrons. The van der Waals surface area contributed by atoms with Crippen LogP contribution < -0.4 is 5.32 Å². The second-order valence-corrected chi connectivity index (χ2v) is 6.10. The monoisotopic (exact) mass is 338 g/mol. The third-order valence-corrected chi connectivity index (χ3v) is 3.95. The van der Waals surface area contributed by atoms with Gasteiger partial charge >= 0.3 is 0 Å². The summed E-state index contributed by atoms with van der Waals surface area (Å²) in [4.78, 5) is 36.2. The summed E-state index contributed by atoms with van der Waals surface area (Å²) in [6.07, 6.45) is 0. The molecule has 0 spiro atoms. The molecule has 2 heterocycles. The van der Waals surface area contributed by atoms with E-state index in [4.69, 9.17) is 4.52 Å². The van der Waals surface area contributed by atoms with Gasteiger partial charge in [0.1, 0.15) is 5.76 Å². The van der Waals surface area contributed by atoms with Crippen LogP contribution >= 0.6 is 11.3 Å². The molecule has 0 saturated carbocycles. The van der Waals surface area contributed by atoms with Gasteiger partial charge in [-0.25, -0.2) is 0 Å². The average molecular weight is 338 g/mol. The normalized spacial score (nSPS) is 10.4. The van der Waals surface area contributed by atoms with E-state index in [9.17, 15) is 19.7 Å². The summed E-state index contributed by atoms with van der Waals surface area (Å²) < 4.78 is 4.82. The number of likely N-dealkylation sites (N-methyl/N-ethyl adjacent to an activating group) is 1. The standard InChI is InChI=1S/C13H14N4O5S/c1-7-4-11(15-22-7)14-12(18)6-16(3)13(19)10-5-9(17(20)21)8(2)23-10/h4-5H,6H2,1-3H3,(H,14,15,18). The molecule has 0 aromatic carbocycles. The van der Waals surface area contributed by atoms with Crippen molar-refractivity contribution in [1.82, 2.24) is 10.1 Å². The van der Waals surface area contributed by atoms with E-state index >= 15 is 0 Å². The van der Waals surface area contributed by atoms with Gasteiger partial charge in [-0.1, -0.05) is 5.16 Å². The van der Waals surface area contributed by atoms with Crippen LogP contribution in [0.4, 0.5) is 11.5 Å². The lowest BCUT2D eigenvalue weighted by Crippen LogP contribution is -2.34. The lowest BCUT2D eigenvalue weighted by Gasteiger charge is -2.14. The number of hydrogen-bond acceptors (Lipinski definition) is 7. The number of rotatable bonds is 5. The maximum absolute atomic E-state index is 12.2. The minimum absolute atomic E-state index is 0.103. The van der Waals surface area contributed by atoms with Gasteiger partial charge in [0.2, 0.25) is 5.91 Å². The zero-order chi connectivity index (χ0) is 17.1. The Morgan fingerprint density at radius 3 is 2.65 bits per heavy atom. The molecule has 2 amide bonds. The molecular formula is C13H14N4O5S. The van der Waals surface area contributed by atoms with Gasteiger partial charge in [-0.2, -0.15) is 0 Å². The van der Waals surface area contributed by atoms with E-state index in [0.29, 0.717) is 10.6 Å². The van der Waals surface area contributed by atoms with Gasteiger partial charge < -0.3 is 14.7 Å². The SMILES string of the molecule is Cc1cc(NC(=O)CN(C)C(=O)c2cc([N+](=O)[O-])c(C)s2)no1. The largest absolute Gasteiger partial charge is 0.360 e. The van der Waals surface area contributed by atoms with E-state index in [1.54, 1.807) is 19.9 Å². The second kappa shape index (κ2) is 6.57. The van der Waals surface area contributed by atoms with E-state index in [1.165, 1.54) is 18.0 Å². The molecule has 122 valence electrons. The Morgan fingerprint density at radius 1 is 1.43 bits per heavy atom. The maximum Gasteiger partial charge on any atom is 0.283 e. The van der Waals surface area contributed by atoms with Gasteiger partial charge in [-0.3, -0.25) is 19.7 Å². The molecule has 2 aromatic heterocycles. The Bertz CT molecular complexity index is 766. The highest BCUT2D eigenvalue weighted by Gasteiger charge is 2.23. The van der Waals surface area contributed by atoms with Crippen molar-refractivity contribution in [2.75, 3.05) is 18.9 Å². The van der Waals surface area contributed by atoms with Gasteiger partial charge in [0.15, 0.2) is 5.82 Å². The molecule has 23 heavy (non-hydrogen) atoms. The number of hydrogen-bond donors (Lipinski definition) is 1. The number of aromatic nitrogens is 1. The summed E-state index contributed by atoms with van der Waals surface area (Å²) in [7, 11) is 1.44. The summed E-state index contributed by atoms with van der Waals surface area (Å²) in [5.74, 6) is -0.100. The first-order valence-corrected chi connectivity index (χ1v) is 7.33. The van der Waals surface area contributed by atoms with Crippen LogP contribution in [-0.2, 0) is 4.79 Å². The molecule has 0 aliphatic rings. The smallest absolute Gasteiger partial charge is 0.283 e. The van der Waals surface area contributed by atoms with Gasteiger partial charge in [0, 0.05) is 19.2 Å². The molecule has 0 bridgehead atoms. The highest BCUT2D eigenvalue weighted by Crippen LogP contribution is 2.28. The summed E-state index contributed by atoms with van der Waals surface area (Å²) >= 11 is 1.02. The predicted molar refractivity (Wildman–Crippen MR) is 82.5 cm³/mol. The Labute approximate surface area is 135 Å². The number of amides is 2. The number of nitro groups is 1. The highest BCUT2D eigenvalue weighted by atomic mass is 32.1. The molecule has 2 aromatic rings. The molecule has 1 N–H and O–H groups in total. The van der Waals surface area contributed by atoms with Crippen LogP contribution in [0.5, 0.6) is 0 Å². The fourth-order valence-electron chi connectivity index (χ4n) is 1.84. The van der Waals surface area contributed by atoms with Crippen molar-refractivity contribution in [3.8, 4) is 0 Å². The number of nitrogens with one attached hydrogen (secondary N) is 1. The van der Waals surface area contributed by atoms with Crippen molar-refractivity contribution in [2.24, 2.45) is 0 Å². The minimum atomic E-state index is -0.539. The Morgan fingerprint density at radius 2 is 2.13 bits per heavy atom. The topological polar surface area (TPSA) is 119 Å². The maximum atomic E-state index is 12.2. The average Bonchev–Trinajstić information content (AvgIpc) is 3.03. The first kappa shape index (κ1) is 16.6. The molecule has 9 nitrogen and oxygen atoms in total. The summed E-state index contributed by atoms with van der Waals surface area (Å²) in [6.45, 7) is 3.04. The van der Waals surface area contributed by atoms with Gasteiger partial charge in [-0.05, 0) is 13.8 Å². The Balaban J connectivity index is 2.00. The van der Waals surface area contributed by atoms with Gasteiger partial charge in [-0.15, -0.1) is 11.3 Å². The van der Waals surface area contributed by atoms with E-state index in [0.717, 1.165) is 11.3 Å². The molecule has 2 rings (SSSR count). The Hall–Kier alpha value is -2.75. The zero-order valence-electron chi connectivity index (χ0n) is 12.7. The van der Waals surface area contributed by atoms with Crippen molar-refractivity contribution in [3.63, 3.8) is 0 Å². The van der Waals surface area contributed by atoms with Crippen molar-refractivity contribution < 1.29 is 19.0 Å². The quantitative estimate of drug-likeness (QED) is 0.657. The lowest BCUT2D eigenvalue weighted by atomic mass is 10.3. The highest BCUT2D eigenvalue weighted by molar-refractivity contribution is 7.14. The van der Waals surface area contributed by atoms with Crippen molar-refractivity contribution in [3.05, 3.63) is 37.8 Å². The van der Waals surface area contributed by atoms with Crippen molar-refractivity contribution >= 4 is 34.7 Å². The number of thiophene rings is 1. The third kappa shape index (κ3) is 3.92. The molecule has 0 aliphatic carbocycles. The fourth-order valence-corrected chi connectivity index (χ4v) is 2.82. The van der Waals surface area contributed by atoms with Crippen LogP contribution in [0.2, 0.25) is 0 Å². The molecule has 0 unspecified atom stereocenters. The fraction of sp³-hybridized carbons (Fsp3) is 0.308. The zero-order valence-corrected chi connectivity index (χ0v) is 13.5. The summed E-state index contributed by atoms with van der Waals surface area (Å²) in [5, 5.41) is 16.9. The van der Waals surface area contributed by atoms with Crippen LogP contribution in [0.1, 0.15) is 20.3 Å². The van der Waals surface area contributed by atoms with Crippen LogP contribution in [0.3, 0.4) is 0 Å². The van der Waals surface area contributed by atoms with Gasteiger partial charge in [0.05, 0.1) is 21.2 Å². The minimum Gasteiger partial charge on any atom is -0.360 e. The number of anilines is 1. The van der Waals surface area contributed by atoms with Crippen LogP contribution in [0.15, 0.2) is 16.7 Å². The van der Waals surface area contributed by atoms with Crippen LogP contribution in [0, 0.1) is 24.0 Å². The van der Waals surface area contributed by atoms with E-state index < -0.39 is 16.7 Å².